The minimum Gasteiger partial charge on any atom is -0.493 e. The zero-order valence-electron chi connectivity index (χ0n) is 11.5. The van der Waals surface area contributed by atoms with Crippen molar-refractivity contribution in [3.05, 3.63) is 52.3 Å². The third-order valence-electron chi connectivity index (χ3n) is 3.37. The first-order valence-corrected chi connectivity index (χ1v) is 8.97. The van der Waals surface area contributed by atoms with Gasteiger partial charge in [-0.25, -0.2) is 12.8 Å². The van der Waals surface area contributed by atoms with Crippen molar-refractivity contribution in [1.82, 2.24) is 0 Å². The van der Waals surface area contributed by atoms with Gasteiger partial charge < -0.3 is 4.74 Å². The molecule has 4 nitrogen and oxygen atoms in total. The van der Waals surface area contributed by atoms with Gasteiger partial charge in [0.25, 0.3) is 10.0 Å². The van der Waals surface area contributed by atoms with Crippen molar-refractivity contribution in [2.45, 2.75) is 17.7 Å². The second-order valence-electron chi connectivity index (χ2n) is 4.95. The molecule has 0 spiro atoms. The molecule has 1 heterocycles. The lowest BCUT2D eigenvalue weighted by Crippen LogP contribution is -2.15. The van der Waals surface area contributed by atoms with Crippen LogP contribution in [-0.2, 0) is 16.4 Å². The van der Waals surface area contributed by atoms with Gasteiger partial charge >= 0.3 is 0 Å². The molecule has 0 aliphatic carbocycles. The summed E-state index contributed by atoms with van der Waals surface area (Å²) in [5.74, 6) is 0.286. The first-order valence-electron chi connectivity index (χ1n) is 6.69. The quantitative estimate of drug-likeness (QED) is 0.875. The first kappa shape index (κ1) is 15.3. The van der Waals surface area contributed by atoms with Gasteiger partial charge in [0, 0.05) is 4.47 Å². The predicted molar refractivity (Wildman–Crippen MR) is 85.2 cm³/mol. The molecule has 0 saturated carbocycles. The Morgan fingerprint density at radius 1 is 1.18 bits per heavy atom. The summed E-state index contributed by atoms with van der Waals surface area (Å²) in [6, 6.07) is 8.57. The van der Waals surface area contributed by atoms with E-state index < -0.39 is 15.8 Å². The Balaban J connectivity index is 1.92. The summed E-state index contributed by atoms with van der Waals surface area (Å²) >= 11 is 3.15. The van der Waals surface area contributed by atoms with E-state index in [4.69, 9.17) is 4.74 Å². The molecule has 3 rings (SSSR count). The largest absolute Gasteiger partial charge is 0.493 e. The molecule has 0 fully saturated rings. The second-order valence-corrected chi connectivity index (χ2v) is 7.49. The number of anilines is 1. The van der Waals surface area contributed by atoms with Crippen molar-refractivity contribution < 1.29 is 17.5 Å². The fourth-order valence-corrected chi connectivity index (χ4v) is 3.99. The van der Waals surface area contributed by atoms with Crippen LogP contribution >= 0.6 is 15.9 Å². The van der Waals surface area contributed by atoms with Gasteiger partial charge in [-0.15, -0.1) is 0 Å². The Bertz CT molecular complexity index is 824. The van der Waals surface area contributed by atoms with Crippen molar-refractivity contribution in [2.24, 2.45) is 0 Å². The van der Waals surface area contributed by atoms with Gasteiger partial charge in [-0.05, 0) is 70.7 Å². The molecule has 2 aromatic rings. The Labute approximate surface area is 136 Å². The number of benzene rings is 2. The lowest BCUT2D eigenvalue weighted by molar-refractivity contribution is 0.288. The lowest BCUT2D eigenvalue weighted by Gasteiger charge is -2.18. The van der Waals surface area contributed by atoms with E-state index in [0.717, 1.165) is 24.2 Å². The zero-order valence-corrected chi connectivity index (χ0v) is 13.9. The average molecular weight is 386 g/mol. The average Bonchev–Trinajstić information content (AvgIpc) is 2.49. The van der Waals surface area contributed by atoms with Gasteiger partial charge in [-0.1, -0.05) is 0 Å². The summed E-state index contributed by atoms with van der Waals surface area (Å²) in [7, 11) is -3.74. The van der Waals surface area contributed by atoms with E-state index in [1.807, 2.05) is 0 Å². The highest BCUT2D eigenvalue weighted by Gasteiger charge is 2.19. The number of hydrogen-bond acceptors (Lipinski definition) is 3. The summed E-state index contributed by atoms with van der Waals surface area (Å²) in [6.07, 6.45) is 1.66. The van der Waals surface area contributed by atoms with Crippen LogP contribution in [0, 0.1) is 5.82 Å². The summed E-state index contributed by atoms with van der Waals surface area (Å²) in [6.45, 7) is 0.653. The fourth-order valence-electron chi connectivity index (χ4n) is 2.28. The van der Waals surface area contributed by atoms with Gasteiger partial charge in [0.1, 0.15) is 11.6 Å². The molecule has 0 saturated heterocycles. The number of halogens is 2. The Morgan fingerprint density at radius 3 is 2.77 bits per heavy atom. The molecule has 7 heteroatoms. The normalized spacial score (nSPS) is 14.1. The third kappa shape index (κ3) is 3.10. The third-order valence-corrected chi connectivity index (χ3v) is 5.38. The maximum atomic E-state index is 13.1. The van der Waals surface area contributed by atoms with Crippen LogP contribution in [0.1, 0.15) is 12.0 Å². The SMILES string of the molecule is O=S(=O)(Nc1ccc(F)cc1Br)c1ccc2c(c1)CCCO2. The maximum Gasteiger partial charge on any atom is 0.261 e. The van der Waals surface area contributed by atoms with Gasteiger partial charge in [0.05, 0.1) is 17.2 Å². The summed E-state index contributed by atoms with van der Waals surface area (Å²) in [5, 5.41) is 0. The Kier molecular flexibility index (Phi) is 4.10. The van der Waals surface area contributed by atoms with E-state index in [1.165, 1.54) is 24.3 Å². The molecular formula is C15H13BrFNO3S. The Hall–Kier alpha value is -1.60. The van der Waals surface area contributed by atoms with Gasteiger partial charge in [0.15, 0.2) is 0 Å². The molecule has 1 aliphatic heterocycles. The van der Waals surface area contributed by atoms with Crippen LogP contribution in [0.4, 0.5) is 10.1 Å². The zero-order chi connectivity index (χ0) is 15.7. The van der Waals surface area contributed by atoms with Crippen LogP contribution in [0.3, 0.4) is 0 Å². The molecular weight excluding hydrogens is 373 g/mol. The van der Waals surface area contributed by atoms with Gasteiger partial charge in [-0.2, -0.15) is 0 Å². The van der Waals surface area contributed by atoms with E-state index in [9.17, 15) is 12.8 Å². The topological polar surface area (TPSA) is 55.4 Å². The minimum absolute atomic E-state index is 0.160. The second kappa shape index (κ2) is 5.89. The Morgan fingerprint density at radius 2 is 2.00 bits per heavy atom. The molecule has 116 valence electrons. The molecule has 2 aromatic carbocycles. The molecule has 0 aromatic heterocycles. The molecule has 0 unspecified atom stereocenters. The highest BCUT2D eigenvalue weighted by molar-refractivity contribution is 9.10. The smallest absolute Gasteiger partial charge is 0.261 e. The van der Waals surface area contributed by atoms with Crippen molar-refractivity contribution in [2.75, 3.05) is 11.3 Å². The monoisotopic (exact) mass is 385 g/mol. The number of aryl methyl sites for hydroxylation is 1. The highest BCUT2D eigenvalue weighted by atomic mass is 79.9. The predicted octanol–water partition coefficient (Wildman–Crippen LogP) is 3.71. The van der Waals surface area contributed by atoms with Crippen molar-refractivity contribution >= 4 is 31.6 Å². The molecule has 0 radical (unpaired) electrons. The van der Waals surface area contributed by atoms with Crippen LogP contribution in [0.15, 0.2) is 45.8 Å². The van der Waals surface area contributed by atoms with Crippen LogP contribution in [0.5, 0.6) is 5.75 Å². The number of sulfonamides is 1. The lowest BCUT2D eigenvalue weighted by atomic mass is 10.1. The van der Waals surface area contributed by atoms with Crippen molar-refractivity contribution in [3.8, 4) is 5.75 Å². The number of nitrogens with one attached hydrogen (secondary N) is 1. The maximum absolute atomic E-state index is 13.1. The minimum atomic E-state index is -3.74. The summed E-state index contributed by atoms with van der Waals surface area (Å²) in [5.41, 5.74) is 1.17. The number of rotatable bonds is 3. The van der Waals surface area contributed by atoms with Crippen LogP contribution in [0.25, 0.3) is 0 Å². The van der Waals surface area contributed by atoms with Gasteiger partial charge in [-0.3, -0.25) is 4.72 Å². The summed E-state index contributed by atoms with van der Waals surface area (Å²) in [4.78, 5) is 0.160. The molecule has 1 aliphatic rings. The number of fused-ring (bicyclic) bond motifs is 1. The van der Waals surface area contributed by atoms with E-state index in [1.54, 1.807) is 12.1 Å². The molecule has 1 N–H and O–H groups in total. The molecule has 0 amide bonds. The van der Waals surface area contributed by atoms with Crippen LogP contribution in [-0.4, -0.2) is 15.0 Å². The summed E-state index contributed by atoms with van der Waals surface area (Å²) < 4.78 is 46.3. The van der Waals surface area contributed by atoms with Crippen molar-refractivity contribution in [1.29, 1.82) is 0 Å². The fraction of sp³-hybridized carbons (Fsp3) is 0.200. The van der Waals surface area contributed by atoms with E-state index in [0.29, 0.717) is 11.1 Å². The molecule has 0 bridgehead atoms. The number of hydrogen-bond donors (Lipinski definition) is 1. The molecule has 0 atom stereocenters. The first-order chi connectivity index (χ1) is 10.5. The number of ether oxygens (including phenoxy) is 1. The van der Waals surface area contributed by atoms with E-state index in [2.05, 4.69) is 20.7 Å². The van der Waals surface area contributed by atoms with Crippen LogP contribution < -0.4 is 9.46 Å². The van der Waals surface area contributed by atoms with Crippen LogP contribution in [0.2, 0.25) is 0 Å². The van der Waals surface area contributed by atoms with Gasteiger partial charge in [0.2, 0.25) is 0 Å². The standard InChI is InChI=1S/C15H13BrFNO3S/c16-13-9-11(17)3-5-14(13)18-22(19,20)12-4-6-15-10(8-12)2-1-7-21-15/h3-6,8-9,18H,1-2,7H2. The highest BCUT2D eigenvalue weighted by Crippen LogP contribution is 2.29. The van der Waals surface area contributed by atoms with E-state index in [-0.39, 0.29) is 10.6 Å². The molecule has 22 heavy (non-hydrogen) atoms. The van der Waals surface area contributed by atoms with Crippen molar-refractivity contribution in [3.63, 3.8) is 0 Å². The van der Waals surface area contributed by atoms with E-state index >= 15 is 0 Å².